The fourth-order valence-electron chi connectivity index (χ4n) is 2.87. The standard InChI is InChI=1S/C21H23ClN4O2/c1-3-14(2)24-20(27)13-26-18-7-5-4-6-17(18)25-19(26)12-23-21(28)15-8-10-16(22)11-9-15/h4-11,14H,3,12-13H2,1-2H3,(H,23,28)(H,24,27). The Bertz CT molecular complexity index is 982. The highest BCUT2D eigenvalue weighted by molar-refractivity contribution is 6.30. The van der Waals surface area contributed by atoms with Gasteiger partial charge < -0.3 is 15.2 Å². The summed E-state index contributed by atoms with van der Waals surface area (Å²) in [5.74, 6) is 0.324. The number of fused-ring (bicyclic) bond motifs is 1. The Morgan fingerprint density at radius 3 is 2.57 bits per heavy atom. The maximum atomic E-state index is 12.4. The number of nitrogens with one attached hydrogen (secondary N) is 2. The third-order valence-electron chi connectivity index (χ3n) is 4.57. The molecule has 2 N–H and O–H groups in total. The molecule has 1 atom stereocenters. The highest BCUT2D eigenvalue weighted by Gasteiger charge is 2.15. The first-order chi connectivity index (χ1) is 13.5. The number of hydrogen-bond acceptors (Lipinski definition) is 3. The number of nitrogens with zero attached hydrogens (tertiary/aromatic N) is 2. The number of benzene rings is 2. The molecular weight excluding hydrogens is 376 g/mol. The number of hydrogen-bond donors (Lipinski definition) is 2. The maximum absolute atomic E-state index is 12.4. The molecule has 7 heteroatoms. The lowest BCUT2D eigenvalue weighted by Crippen LogP contribution is -2.35. The summed E-state index contributed by atoms with van der Waals surface area (Å²) in [5, 5.41) is 6.41. The molecule has 3 rings (SSSR count). The summed E-state index contributed by atoms with van der Waals surface area (Å²) in [6, 6.07) is 14.4. The zero-order valence-electron chi connectivity index (χ0n) is 15.9. The van der Waals surface area contributed by atoms with E-state index in [2.05, 4.69) is 15.6 Å². The van der Waals surface area contributed by atoms with Gasteiger partial charge in [-0.25, -0.2) is 4.98 Å². The summed E-state index contributed by atoms with van der Waals surface area (Å²) in [6.07, 6.45) is 0.862. The molecule has 2 aromatic carbocycles. The van der Waals surface area contributed by atoms with E-state index < -0.39 is 0 Å². The number of halogens is 1. The van der Waals surface area contributed by atoms with Crippen LogP contribution in [0.15, 0.2) is 48.5 Å². The van der Waals surface area contributed by atoms with Gasteiger partial charge in [-0.2, -0.15) is 0 Å². The van der Waals surface area contributed by atoms with E-state index in [1.54, 1.807) is 24.3 Å². The van der Waals surface area contributed by atoms with Crippen LogP contribution in [0, 0.1) is 0 Å². The smallest absolute Gasteiger partial charge is 0.251 e. The van der Waals surface area contributed by atoms with E-state index in [0.717, 1.165) is 17.5 Å². The van der Waals surface area contributed by atoms with Gasteiger partial charge in [0.15, 0.2) is 0 Å². The molecule has 1 aromatic heterocycles. The van der Waals surface area contributed by atoms with Crippen molar-refractivity contribution in [2.45, 2.75) is 39.4 Å². The van der Waals surface area contributed by atoms with Gasteiger partial charge in [-0.3, -0.25) is 9.59 Å². The van der Waals surface area contributed by atoms with Crippen LogP contribution in [0.1, 0.15) is 36.5 Å². The Morgan fingerprint density at radius 1 is 1.14 bits per heavy atom. The van der Waals surface area contributed by atoms with Crippen LogP contribution in [-0.4, -0.2) is 27.4 Å². The van der Waals surface area contributed by atoms with Crippen LogP contribution < -0.4 is 10.6 Å². The lowest BCUT2D eigenvalue weighted by Gasteiger charge is -2.14. The molecule has 0 aliphatic heterocycles. The van der Waals surface area contributed by atoms with Crippen molar-refractivity contribution in [1.82, 2.24) is 20.2 Å². The second-order valence-corrected chi connectivity index (χ2v) is 7.11. The van der Waals surface area contributed by atoms with Gasteiger partial charge in [0.05, 0.1) is 17.6 Å². The Labute approximate surface area is 168 Å². The van der Waals surface area contributed by atoms with Gasteiger partial charge in [0.1, 0.15) is 12.4 Å². The minimum atomic E-state index is -0.223. The molecule has 0 saturated heterocycles. The number of amides is 2. The van der Waals surface area contributed by atoms with Crippen molar-refractivity contribution in [2.24, 2.45) is 0 Å². The molecule has 0 radical (unpaired) electrons. The van der Waals surface area contributed by atoms with E-state index in [4.69, 9.17) is 11.6 Å². The quantitative estimate of drug-likeness (QED) is 0.639. The maximum Gasteiger partial charge on any atom is 0.251 e. The molecule has 0 aliphatic rings. The molecule has 0 saturated carbocycles. The molecule has 6 nitrogen and oxygen atoms in total. The summed E-state index contributed by atoms with van der Waals surface area (Å²) in [6.45, 7) is 4.36. The second kappa shape index (κ2) is 8.89. The minimum Gasteiger partial charge on any atom is -0.352 e. The van der Waals surface area contributed by atoms with Crippen LogP contribution in [0.3, 0.4) is 0 Å². The van der Waals surface area contributed by atoms with Crippen LogP contribution in [0.2, 0.25) is 5.02 Å². The van der Waals surface area contributed by atoms with Crippen molar-refractivity contribution < 1.29 is 9.59 Å². The first kappa shape index (κ1) is 19.9. The highest BCUT2D eigenvalue weighted by Crippen LogP contribution is 2.16. The van der Waals surface area contributed by atoms with E-state index in [0.29, 0.717) is 16.4 Å². The molecule has 0 aliphatic carbocycles. The molecule has 1 unspecified atom stereocenters. The first-order valence-corrected chi connectivity index (χ1v) is 9.63. The normalized spacial score (nSPS) is 12.0. The largest absolute Gasteiger partial charge is 0.352 e. The summed E-state index contributed by atoms with van der Waals surface area (Å²) in [5.41, 5.74) is 2.16. The average molecular weight is 399 g/mol. The predicted molar refractivity (Wildman–Crippen MR) is 110 cm³/mol. The van der Waals surface area contributed by atoms with Crippen molar-refractivity contribution in [2.75, 3.05) is 0 Å². The fraction of sp³-hybridized carbons (Fsp3) is 0.286. The molecule has 0 bridgehead atoms. The van der Waals surface area contributed by atoms with Crippen molar-refractivity contribution >= 4 is 34.4 Å². The Hall–Kier alpha value is -2.86. The molecule has 146 valence electrons. The van der Waals surface area contributed by atoms with Gasteiger partial charge >= 0.3 is 0 Å². The van der Waals surface area contributed by atoms with Crippen molar-refractivity contribution in [3.05, 3.63) is 64.9 Å². The van der Waals surface area contributed by atoms with Crippen molar-refractivity contribution in [3.8, 4) is 0 Å². The first-order valence-electron chi connectivity index (χ1n) is 9.25. The Kier molecular flexibility index (Phi) is 6.31. The summed E-state index contributed by atoms with van der Waals surface area (Å²) in [4.78, 5) is 29.4. The van der Waals surface area contributed by atoms with E-state index in [1.807, 2.05) is 42.7 Å². The molecule has 3 aromatic rings. The molecule has 0 fully saturated rings. The summed E-state index contributed by atoms with van der Waals surface area (Å²) < 4.78 is 1.84. The van der Waals surface area contributed by atoms with Gasteiger partial charge in [0, 0.05) is 16.6 Å². The summed E-state index contributed by atoms with van der Waals surface area (Å²) >= 11 is 5.87. The van der Waals surface area contributed by atoms with Crippen LogP contribution in [-0.2, 0) is 17.9 Å². The number of carbonyl (C=O) groups excluding carboxylic acids is 2. The Balaban J connectivity index is 1.79. The van der Waals surface area contributed by atoms with Crippen LogP contribution in [0.4, 0.5) is 0 Å². The average Bonchev–Trinajstić information content (AvgIpc) is 3.04. The van der Waals surface area contributed by atoms with Crippen LogP contribution >= 0.6 is 11.6 Å². The van der Waals surface area contributed by atoms with Gasteiger partial charge in [-0.1, -0.05) is 30.7 Å². The second-order valence-electron chi connectivity index (χ2n) is 6.67. The molecule has 2 amide bonds. The third kappa shape index (κ3) is 4.70. The van der Waals surface area contributed by atoms with E-state index in [1.165, 1.54) is 0 Å². The topological polar surface area (TPSA) is 76.0 Å². The predicted octanol–water partition coefficient (Wildman–Crippen LogP) is 3.53. The van der Waals surface area contributed by atoms with Crippen LogP contribution in [0.25, 0.3) is 11.0 Å². The van der Waals surface area contributed by atoms with Crippen molar-refractivity contribution in [3.63, 3.8) is 0 Å². The number of rotatable bonds is 7. The summed E-state index contributed by atoms with van der Waals surface area (Å²) in [7, 11) is 0. The lowest BCUT2D eigenvalue weighted by molar-refractivity contribution is -0.122. The van der Waals surface area contributed by atoms with E-state index >= 15 is 0 Å². The molecule has 1 heterocycles. The van der Waals surface area contributed by atoms with Gasteiger partial charge in [0.2, 0.25) is 5.91 Å². The number of para-hydroxylation sites is 2. The lowest BCUT2D eigenvalue weighted by atomic mass is 10.2. The number of aromatic nitrogens is 2. The number of imidazole rings is 1. The van der Waals surface area contributed by atoms with Gasteiger partial charge in [0.25, 0.3) is 5.91 Å². The SMILES string of the molecule is CCC(C)NC(=O)Cn1c(CNC(=O)c2ccc(Cl)cc2)nc2ccccc21. The van der Waals surface area contributed by atoms with Gasteiger partial charge in [-0.05, 0) is 49.7 Å². The number of carbonyl (C=O) groups is 2. The Morgan fingerprint density at radius 2 is 1.86 bits per heavy atom. The zero-order valence-corrected chi connectivity index (χ0v) is 16.7. The van der Waals surface area contributed by atoms with Crippen molar-refractivity contribution in [1.29, 1.82) is 0 Å². The molecular formula is C21H23ClN4O2. The van der Waals surface area contributed by atoms with Crippen LogP contribution in [0.5, 0.6) is 0 Å². The minimum absolute atomic E-state index is 0.0808. The van der Waals surface area contributed by atoms with E-state index in [-0.39, 0.29) is 30.9 Å². The van der Waals surface area contributed by atoms with Gasteiger partial charge in [-0.15, -0.1) is 0 Å². The monoisotopic (exact) mass is 398 g/mol. The van der Waals surface area contributed by atoms with E-state index in [9.17, 15) is 9.59 Å². The zero-order chi connectivity index (χ0) is 20.1. The fourth-order valence-corrected chi connectivity index (χ4v) is 2.99. The highest BCUT2D eigenvalue weighted by atomic mass is 35.5. The molecule has 0 spiro atoms. The molecule has 28 heavy (non-hydrogen) atoms. The third-order valence-corrected chi connectivity index (χ3v) is 4.82.